The van der Waals surface area contributed by atoms with Crippen molar-refractivity contribution in [3.63, 3.8) is 0 Å². The van der Waals surface area contributed by atoms with E-state index in [0.717, 1.165) is 11.1 Å². The lowest BCUT2D eigenvalue weighted by Gasteiger charge is -2.31. The van der Waals surface area contributed by atoms with E-state index in [0.29, 0.717) is 19.8 Å². The van der Waals surface area contributed by atoms with E-state index in [1.807, 2.05) is 6.92 Å². The van der Waals surface area contributed by atoms with E-state index in [1.54, 1.807) is 18.2 Å². The molecule has 1 aromatic carbocycles. The lowest BCUT2D eigenvalue weighted by atomic mass is 9.78. The standard InChI is InChI=1S/C13H13NO3/c1-13(7-14-2)8-17-6-10-4-3-9(12(15)16)5-11(10)13/h3-5H,6-8H2,1H3,(H,15,16). The lowest BCUT2D eigenvalue weighted by Crippen LogP contribution is -2.36. The number of carboxylic acid groups (broad SMARTS) is 1. The molecule has 1 aliphatic rings. The van der Waals surface area contributed by atoms with Crippen LogP contribution >= 0.6 is 0 Å². The van der Waals surface area contributed by atoms with Crippen LogP contribution in [0, 0.1) is 6.57 Å². The van der Waals surface area contributed by atoms with Crippen molar-refractivity contribution in [2.45, 2.75) is 18.9 Å². The topological polar surface area (TPSA) is 50.9 Å². The second-order valence-electron chi connectivity index (χ2n) is 4.55. The monoisotopic (exact) mass is 231 g/mol. The zero-order chi connectivity index (χ0) is 12.5. The van der Waals surface area contributed by atoms with Crippen LogP contribution in [0.2, 0.25) is 0 Å². The van der Waals surface area contributed by atoms with Crippen molar-refractivity contribution in [3.05, 3.63) is 46.3 Å². The van der Waals surface area contributed by atoms with Crippen molar-refractivity contribution in [1.29, 1.82) is 0 Å². The molecule has 1 unspecified atom stereocenters. The molecule has 17 heavy (non-hydrogen) atoms. The minimum Gasteiger partial charge on any atom is -0.478 e. The summed E-state index contributed by atoms with van der Waals surface area (Å²) in [4.78, 5) is 14.4. The van der Waals surface area contributed by atoms with Crippen LogP contribution in [0.3, 0.4) is 0 Å². The van der Waals surface area contributed by atoms with Crippen LogP contribution in [0.5, 0.6) is 0 Å². The Hall–Kier alpha value is -1.86. The summed E-state index contributed by atoms with van der Waals surface area (Å²) in [6, 6.07) is 5.03. The Labute approximate surface area is 99.7 Å². The van der Waals surface area contributed by atoms with Crippen molar-refractivity contribution in [3.8, 4) is 0 Å². The number of nitrogens with zero attached hydrogens (tertiary/aromatic N) is 1. The first-order valence-corrected chi connectivity index (χ1v) is 5.34. The van der Waals surface area contributed by atoms with Gasteiger partial charge in [0.15, 0.2) is 0 Å². The van der Waals surface area contributed by atoms with Crippen LogP contribution < -0.4 is 0 Å². The molecule has 0 spiro atoms. The summed E-state index contributed by atoms with van der Waals surface area (Å²) >= 11 is 0. The van der Waals surface area contributed by atoms with Gasteiger partial charge in [-0.1, -0.05) is 6.07 Å². The van der Waals surface area contributed by atoms with Gasteiger partial charge in [0, 0.05) is 0 Å². The maximum atomic E-state index is 11.0. The third-order valence-electron chi connectivity index (χ3n) is 3.11. The van der Waals surface area contributed by atoms with Gasteiger partial charge in [-0.05, 0) is 30.2 Å². The van der Waals surface area contributed by atoms with Gasteiger partial charge in [0.1, 0.15) is 0 Å². The number of fused-ring (bicyclic) bond motifs is 1. The van der Waals surface area contributed by atoms with Crippen LogP contribution in [-0.2, 0) is 16.8 Å². The highest BCUT2D eigenvalue weighted by molar-refractivity contribution is 5.88. The number of rotatable bonds is 2. The Balaban J connectivity index is 2.52. The van der Waals surface area contributed by atoms with Crippen molar-refractivity contribution < 1.29 is 14.6 Å². The van der Waals surface area contributed by atoms with Crippen molar-refractivity contribution in [2.75, 3.05) is 13.2 Å². The van der Waals surface area contributed by atoms with Gasteiger partial charge in [0.05, 0.1) is 24.2 Å². The summed E-state index contributed by atoms with van der Waals surface area (Å²) in [5, 5.41) is 8.99. The van der Waals surface area contributed by atoms with Gasteiger partial charge in [-0.25, -0.2) is 11.4 Å². The molecule has 1 aliphatic heterocycles. The number of carboxylic acids is 1. The zero-order valence-electron chi connectivity index (χ0n) is 9.56. The summed E-state index contributed by atoms with van der Waals surface area (Å²) in [5.41, 5.74) is 1.77. The molecule has 0 amide bonds. The second kappa shape index (κ2) is 4.19. The van der Waals surface area contributed by atoms with Crippen LogP contribution in [-0.4, -0.2) is 24.2 Å². The maximum Gasteiger partial charge on any atom is 0.335 e. The molecule has 4 heteroatoms. The Morgan fingerprint density at radius 3 is 3.06 bits per heavy atom. The van der Waals surface area contributed by atoms with E-state index >= 15 is 0 Å². The average Bonchev–Trinajstić information content (AvgIpc) is 2.29. The molecule has 88 valence electrons. The van der Waals surface area contributed by atoms with Crippen molar-refractivity contribution >= 4 is 5.97 Å². The number of hydrogen-bond acceptors (Lipinski definition) is 2. The SMILES string of the molecule is [C-]#[N+]CC1(C)COCc2ccc(C(=O)O)cc21. The Bertz CT molecular complexity index is 504. The molecule has 1 N–H and O–H groups in total. The second-order valence-corrected chi connectivity index (χ2v) is 4.55. The lowest BCUT2D eigenvalue weighted by molar-refractivity contribution is 0.0624. The quantitative estimate of drug-likeness (QED) is 0.793. The predicted molar refractivity (Wildman–Crippen MR) is 61.9 cm³/mol. The summed E-state index contributed by atoms with van der Waals surface area (Å²) in [6.07, 6.45) is 0. The number of ether oxygens (including phenoxy) is 1. The minimum absolute atomic E-state index is 0.266. The van der Waals surface area contributed by atoms with E-state index in [1.165, 1.54) is 0 Å². The van der Waals surface area contributed by atoms with Crippen LogP contribution in [0.1, 0.15) is 28.4 Å². The third kappa shape index (κ3) is 2.02. The first-order valence-electron chi connectivity index (χ1n) is 5.34. The van der Waals surface area contributed by atoms with Crippen molar-refractivity contribution in [2.24, 2.45) is 0 Å². The number of carbonyl (C=O) groups is 1. The maximum absolute atomic E-state index is 11.0. The molecule has 0 fully saturated rings. The number of benzene rings is 1. The van der Waals surface area contributed by atoms with E-state index in [4.69, 9.17) is 16.4 Å². The van der Waals surface area contributed by atoms with Crippen LogP contribution in [0.25, 0.3) is 4.85 Å². The summed E-state index contributed by atoms with van der Waals surface area (Å²) in [6.45, 7) is 10.2. The van der Waals surface area contributed by atoms with Gasteiger partial charge < -0.3 is 14.7 Å². The Morgan fingerprint density at radius 2 is 2.41 bits per heavy atom. The minimum atomic E-state index is -0.940. The molecule has 1 atom stereocenters. The first-order chi connectivity index (χ1) is 8.07. The molecule has 0 aliphatic carbocycles. The van der Waals surface area contributed by atoms with E-state index in [-0.39, 0.29) is 5.56 Å². The fourth-order valence-electron chi connectivity index (χ4n) is 2.17. The third-order valence-corrected chi connectivity index (χ3v) is 3.11. The smallest absolute Gasteiger partial charge is 0.335 e. The molecule has 0 aromatic heterocycles. The van der Waals surface area contributed by atoms with E-state index in [9.17, 15) is 4.79 Å². The number of hydrogen-bond donors (Lipinski definition) is 1. The van der Waals surface area contributed by atoms with E-state index in [2.05, 4.69) is 4.85 Å². The van der Waals surface area contributed by atoms with E-state index < -0.39 is 11.4 Å². The molecule has 0 bridgehead atoms. The predicted octanol–water partition coefficient (Wildman–Crippen LogP) is 2.09. The Morgan fingerprint density at radius 1 is 1.65 bits per heavy atom. The number of aromatic carboxylic acids is 1. The molecule has 0 saturated carbocycles. The summed E-state index contributed by atoms with van der Waals surface area (Å²) in [7, 11) is 0. The van der Waals surface area contributed by atoms with Gasteiger partial charge in [-0.2, -0.15) is 0 Å². The van der Waals surface area contributed by atoms with Crippen LogP contribution in [0.4, 0.5) is 0 Å². The molecule has 2 rings (SSSR count). The van der Waals surface area contributed by atoms with Gasteiger partial charge in [0.2, 0.25) is 6.54 Å². The molecule has 1 aromatic rings. The Kier molecular flexibility index (Phi) is 2.86. The molecule has 0 saturated heterocycles. The molecular formula is C13H13NO3. The average molecular weight is 231 g/mol. The highest BCUT2D eigenvalue weighted by atomic mass is 16.5. The summed E-state index contributed by atoms with van der Waals surface area (Å²) < 4.78 is 5.47. The fraction of sp³-hybridized carbons (Fsp3) is 0.385. The molecule has 0 radical (unpaired) electrons. The summed E-state index contributed by atoms with van der Waals surface area (Å²) in [5.74, 6) is -0.940. The van der Waals surface area contributed by atoms with Crippen molar-refractivity contribution in [1.82, 2.24) is 0 Å². The highest BCUT2D eigenvalue weighted by Gasteiger charge is 2.36. The fourth-order valence-corrected chi connectivity index (χ4v) is 2.17. The van der Waals surface area contributed by atoms with Crippen LogP contribution in [0.15, 0.2) is 18.2 Å². The zero-order valence-corrected chi connectivity index (χ0v) is 9.56. The molecule has 1 heterocycles. The van der Waals surface area contributed by atoms with Gasteiger partial charge in [-0.3, -0.25) is 0 Å². The van der Waals surface area contributed by atoms with Gasteiger partial charge in [0.25, 0.3) is 0 Å². The normalized spacial score (nSPS) is 22.6. The first kappa shape index (κ1) is 11.6. The van der Waals surface area contributed by atoms with Gasteiger partial charge in [-0.15, -0.1) is 0 Å². The molecular weight excluding hydrogens is 218 g/mol. The largest absolute Gasteiger partial charge is 0.478 e. The highest BCUT2D eigenvalue weighted by Crippen LogP contribution is 2.33. The molecule has 4 nitrogen and oxygen atoms in total. The van der Waals surface area contributed by atoms with Gasteiger partial charge >= 0.3 is 5.97 Å².